The van der Waals surface area contributed by atoms with Crippen molar-refractivity contribution in [2.24, 2.45) is 5.73 Å². The Bertz CT molecular complexity index is 943. The van der Waals surface area contributed by atoms with E-state index in [1.165, 1.54) is 17.7 Å². The molecule has 4 atom stereocenters. The zero-order valence-corrected chi connectivity index (χ0v) is 18.0. The molecule has 0 spiro atoms. The van der Waals surface area contributed by atoms with Gasteiger partial charge in [-0.05, 0) is 48.1 Å². The topological polar surface area (TPSA) is 58.7 Å². The summed E-state index contributed by atoms with van der Waals surface area (Å²) in [5, 5.41) is 11.2. The van der Waals surface area contributed by atoms with Crippen LogP contribution in [0.25, 0.3) is 0 Å². The predicted octanol–water partition coefficient (Wildman–Crippen LogP) is 3.91. The maximum absolute atomic E-state index is 13.6. The molecule has 1 saturated heterocycles. The van der Waals surface area contributed by atoms with Gasteiger partial charge in [-0.15, -0.1) is 0 Å². The molecule has 1 heterocycles. The van der Waals surface area contributed by atoms with E-state index >= 15 is 0 Å². The van der Waals surface area contributed by atoms with Crippen molar-refractivity contribution in [1.29, 1.82) is 0 Å². The largest absolute Gasteiger partial charge is 0.390 e. The Morgan fingerprint density at radius 3 is 2.53 bits per heavy atom. The van der Waals surface area contributed by atoms with Crippen molar-refractivity contribution >= 4 is 0 Å². The van der Waals surface area contributed by atoms with E-state index in [1.54, 1.807) is 0 Å². The highest BCUT2D eigenvalue weighted by Crippen LogP contribution is 2.35. The van der Waals surface area contributed by atoms with Crippen LogP contribution in [0.15, 0.2) is 72.3 Å². The summed E-state index contributed by atoms with van der Waals surface area (Å²) in [4.78, 5) is 2.26. The van der Waals surface area contributed by atoms with Crippen LogP contribution < -0.4 is 5.73 Å². The van der Waals surface area contributed by atoms with Gasteiger partial charge in [-0.25, -0.2) is 8.78 Å². The summed E-state index contributed by atoms with van der Waals surface area (Å²) < 4.78 is 33.0. The van der Waals surface area contributed by atoms with E-state index in [1.807, 2.05) is 18.2 Å². The van der Waals surface area contributed by atoms with E-state index in [-0.39, 0.29) is 18.5 Å². The Hall–Kier alpha value is -2.38. The molecule has 2 aromatic rings. The molecule has 0 radical (unpaired) electrons. The molecule has 3 N–H and O–H groups in total. The van der Waals surface area contributed by atoms with Crippen LogP contribution in [0.3, 0.4) is 0 Å². The van der Waals surface area contributed by atoms with Gasteiger partial charge in [0.05, 0.1) is 31.4 Å². The molecule has 32 heavy (non-hydrogen) atoms. The van der Waals surface area contributed by atoms with Gasteiger partial charge in [-0.1, -0.05) is 48.6 Å². The first-order valence-corrected chi connectivity index (χ1v) is 11.2. The number of aliphatic hydroxyl groups excluding tert-OH is 1. The number of morpholine rings is 1. The quantitative estimate of drug-likeness (QED) is 0.685. The van der Waals surface area contributed by atoms with E-state index in [2.05, 4.69) is 35.3 Å². The number of allylic oxidation sites excluding steroid dienone is 2. The summed E-state index contributed by atoms with van der Waals surface area (Å²) in [5.74, 6) is -1.30. The highest BCUT2D eigenvalue weighted by molar-refractivity contribution is 5.36. The SMILES string of the molecule is N[C@@H](Cc1cc(F)cc(F)c1)[C@H](O)[C@H]1COCCN1C(C1=CCCC=C1)c1ccccc1. The van der Waals surface area contributed by atoms with Crippen molar-refractivity contribution in [2.75, 3.05) is 19.8 Å². The molecular formula is C26H30F2N2O2. The Balaban J connectivity index is 1.59. The second kappa shape index (κ2) is 10.5. The Morgan fingerprint density at radius 2 is 1.84 bits per heavy atom. The molecule has 1 unspecified atom stereocenters. The highest BCUT2D eigenvalue weighted by Gasteiger charge is 2.38. The molecule has 0 amide bonds. The third-order valence-corrected chi connectivity index (χ3v) is 6.22. The molecule has 2 aliphatic rings. The minimum atomic E-state index is -0.930. The van der Waals surface area contributed by atoms with Crippen molar-refractivity contribution in [2.45, 2.75) is 43.5 Å². The molecule has 0 aromatic heterocycles. The average Bonchev–Trinajstić information content (AvgIpc) is 2.80. The minimum Gasteiger partial charge on any atom is -0.390 e. The van der Waals surface area contributed by atoms with Gasteiger partial charge in [0.15, 0.2) is 0 Å². The number of rotatable bonds is 7. The number of ether oxygens (including phenoxy) is 1. The highest BCUT2D eigenvalue weighted by atomic mass is 19.1. The van der Waals surface area contributed by atoms with E-state index in [4.69, 9.17) is 10.5 Å². The lowest BCUT2D eigenvalue weighted by molar-refractivity contribution is -0.0767. The van der Waals surface area contributed by atoms with Gasteiger partial charge in [0, 0.05) is 18.7 Å². The maximum Gasteiger partial charge on any atom is 0.126 e. The summed E-state index contributed by atoms with van der Waals surface area (Å²) in [6.45, 7) is 1.55. The first-order chi connectivity index (χ1) is 15.5. The van der Waals surface area contributed by atoms with Gasteiger partial charge in [0.2, 0.25) is 0 Å². The van der Waals surface area contributed by atoms with Crippen LogP contribution in [-0.4, -0.2) is 48.0 Å². The number of benzene rings is 2. The number of halogens is 2. The lowest BCUT2D eigenvalue weighted by atomic mass is 9.89. The van der Waals surface area contributed by atoms with Crippen LogP contribution in [0, 0.1) is 11.6 Å². The lowest BCUT2D eigenvalue weighted by Crippen LogP contribution is -2.58. The second-order valence-electron chi connectivity index (χ2n) is 8.51. The Labute approximate surface area is 188 Å². The van der Waals surface area contributed by atoms with Crippen molar-refractivity contribution < 1.29 is 18.6 Å². The van der Waals surface area contributed by atoms with Gasteiger partial charge >= 0.3 is 0 Å². The van der Waals surface area contributed by atoms with Crippen LogP contribution in [0.5, 0.6) is 0 Å². The van der Waals surface area contributed by atoms with Gasteiger partial charge in [-0.3, -0.25) is 4.90 Å². The second-order valence-corrected chi connectivity index (χ2v) is 8.51. The predicted molar refractivity (Wildman–Crippen MR) is 121 cm³/mol. The molecule has 4 nitrogen and oxygen atoms in total. The normalized spacial score (nSPS) is 22.2. The molecule has 170 valence electrons. The first kappa shape index (κ1) is 22.8. The van der Waals surface area contributed by atoms with Crippen molar-refractivity contribution in [1.82, 2.24) is 4.90 Å². The van der Waals surface area contributed by atoms with Crippen LogP contribution in [0.2, 0.25) is 0 Å². The molecule has 0 saturated carbocycles. The summed E-state index contributed by atoms with van der Waals surface area (Å²) in [5.41, 5.74) is 9.12. The standard InChI is InChI=1S/C26H30F2N2O2/c27-21-13-18(14-22(28)16-21)15-23(29)26(31)24-17-32-12-11-30(24)25(19-7-3-1-4-8-19)20-9-5-2-6-10-20/h1,3-5,7-10,13-14,16,23-26,31H,2,6,11-12,15,17,29H2/t23-,24+,25?,26-/m0/s1. The van der Waals surface area contributed by atoms with Crippen LogP contribution >= 0.6 is 0 Å². The van der Waals surface area contributed by atoms with Crippen LogP contribution in [-0.2, 0) is 11.2 Å². The monoisotopic (exact) mass is 440 g/mol. The summed E-state index contributed by atoms with van der Waals surface area (Å²) >= 11 is 0. The van der Waals surface area contributed by atoms with Crippen LogP contribution in [0.4, 0.5) is 8.78 Å². The Morgan fingerprint density at radius 1 is 1.09 bits per heavy atom. The molecule has 2 aromatic carbocycles. The summed E-state index contributed by atoms with van der Waals surface area (Å²) in [7, 11) is 0. The molecule has 1 aliphatic carbocycles. The molecule has 6 heteroatoms. The number of aliphatic hydroxyl groups is 1. The lowest BCUT2D eigenvalue weighted by Gasteiger charge is -2.45. The fraction of sp³-hybridized carbons (Fsp3) is 0.385. The molecule has 4 rings (SSSR count). The molecule has 1 fully saturated rings. The molecular weight excluding hydrogens is 410 g/mol. The summed E-state index contributed by atoms with van der Waals surface area (Å²) in [6.07, 6.45) is 7.84. The zero-order chi connectivity index (χ0) is 22.5. The van der Waals surface area contributed by atoms with Crippen molar-refractivity contribution in [3.05, 3.63) is 95.1 Å². The smallest absolute Gasteiger partial charge is 0.126 e. The average molecular weight is 441 g/mol. The number of nitrogens with zero attached hydrogens (tertiary/aromatic N) is 1. The minimum absolute atomic E-state index is 0.0323. The van der Waals surface area contributed by atoms with Crippen molar-refractivity contribution in [3.8, 4) is 0 Å². The van der Waals surface area contributed by atoms with E-state index in [9.17, 15) is 13.9 Å². The third kappa shape index (κ3) is 5.33. The molecule has 0 bridgehead atoms. The van der Waals surface area contributed by atoms with E-state index in [0.717, 1.165) is 24.5 Å². The van der Waals surface area contributed by atoms with Crippen molar-refractivity contribution in [3.63, 3.8) is 0 Å². The maximum atomic E-state index is 13.6. The van der Waals surface area contributed by atoms with Gasteiger partial charge < -0.3 is 15.6 Å². The number of nitrogens with two attached hydrogens (primary N) is 1. The van der Waals surface area contributed by atoms with E-state index in [0.29, 0.717) is 25.3 Å². The van der Waals surface area contributed by atoms with Gasteiger partial charge in [-0.2, -0.15) is 0 Å². The number of hydrogen-bond donors (Lipinski definition) is 2. The number of hydrogen-bond acceptors (Lipinski definition) is 4. The zero-order valence-electron chi connectivity index (χ0n) is 18.0. The van der Waals surface area contributed by atoms with Gasteiger partial charge in [0.1, 0.15) is 11.6 Å². The molecule has 1 aliphatic heterocycles. The fourth-order valence-corrected chi connectivity index (χ4v) is 4.71. The van der Waals surface area contributed by atoms with E-state index < -0.39 is 23.8 Å². The Kier molecular flexibility index (Phi) is 7.48. The van der Waals surface area contributed by atoms with Crippen LogP contribution in [0.1, 0.15) is 30.0 Å². The third-order valence-electron chi connectivity index (χ3n) is 6.22. The van der Waals surface area contributed by atoms with Gasteiger partial charge in [0.25, 0.3) is 0 Å². The first-order valence-electron chi connectivity index (χ1n) is 11.2. The summed E-state index contributed by atoms with van der Waals surface area (Å²) in [6, 6.07) is 12.5. The fourth-order valence-electron chi connectivity index (χ4n) is 4.71.